The van der Waals surface area contributed by atoms with Gasteiger partial charge in [-0.3, -0.25) is 4.79 Å². The maximum Gasteiger partial charge on any atom is 0.227 e. The van der Waals surface area contributed by atoms with Gasteiger partial charge in [0.1, 0.15) is 0 Å². The number of morpholine rings is 1. The van der Waals surface area contributed by atoms with Crippen molar-refractivity contribution in [1.82, 2.24) is 4.90 Å². The molecule has 0 aromatic rings. The lowest BCUT2D eigenvalue weighted by Gasteiger charge is -2.37. The van der Waals surface area contributed by atoms with E-state index in [-0.39, 0.29) is 23.5 Å². The van der Waals surface area contributed by atoms with Crippen molar-refractivity contribution in [2.45, 2.75) is 53.7 Å². The molecule has 19 heavy (non-hydrogen) atoms. The smallest absolute Gasteiger partial charge is 0.227 e. The molecule has 0 bridgehead atoms. The monoisotopic (exact) mass is 265 g/mol. The van der Waals surface area contributed by atoms with Gasteiger partial charge in [0.25, 0.3) is 0 Å². The van der Waals surface area contributed by atoms with E-state index in [1.165, 1.54) is 5.57 Å². The van der Waals surface area contributed by atoms with Crippen LogP contribution in [0.5, 0.6) is 0 Å². The molecule has 1 amide bonds. The molecule has 0 aromatic carbocycles. The van der Waals surface area contributed by atoms with Crippen LogP contribution in [0.15, 0.2) is 11.6 Å². The molecule has 2 fully saturated rings. The molecule has 1 aliphatic carbocycles. The van der Waals surface area contributed by atoms with Crippen LogP contribution in [0.1, 0.15) is 41.5 Å². The Hall–Kier alpha value is -0.830. The minimum atomic E-state index is 0.107. The molecule has 1 saturated carbocycles. The van der Waals surface area contributed by atoms with Gasteiger partial charge in [0.05, 0.1) is 24.7 Å². The molecule has 3 nitrogen and oxygen atoms in total. The highest BCUT2D eigenvalue weighted by atomic mass is 16.5. The molecule has 0 N–H and O–H groups in total. The second kappa shape index (κ2) is 4.93. The van der Waals surface area contributed by atoms with E-state index in [0.717, 1.165) is 6.54 Å². The zero-order valence-corrected chi connectivity index (χ0v) is 13.1. The van der Waals surface area contributed by atoms with Crippen molar-refractivity contribution in [3.8, 4) is 0 Å². The fourth-order valence-electron chi connectivity index (χ4n) is 3.21. The minimum Gasteiger partial charge on any atom is -0.375 e. The number of rotatable bonds is 2. The summed E-state index contributed by atoms with van der Waals surface area (Å²) in [6, 6.07) is 0.201. The number of hydrogen-bond donors (Lipinski definition) is 0. The average Bonchev–Trinajstić information content (AvgIpc) is 2.82. The lowest BCUT2D eigenvalue weighted by Crippen LogP contribution is -2.51. The summed E-state index contributed by atoms with van der Waals surface area (Å²) in [5, 5.41) is 0. The van der Waals surface area contributed by atoms with Gasteiger partial charge in [0.15, 0.2) is 0 Å². The fourth-order valence-corrected chi connectivity index (χ4v) is 3.21. The van der Waals surface area contributed by atoms with E-state index >= 15 is 0 Å². The van der Waals surface area contributed by atoms with Gasteiger partial charge in [0, 0.05) is 6.54 Å². The highest BCUT2D eigenvalue weighted by Gasteiger charge is 2.61. The SMILES string of the molecule is CC(C)=CC1C(C(=O)N2CC(C)OCC2C)C1(C)C. The normalized spacial score (nSPS) is 36.8. The molecule has 2 aliphatic rings. The molecule has 1 saturated heterocycles. The number of hydrogen-bond acceptors (Lipinski definition) is 2. The van der Waals surface area contributed by atoms with Crippen LogP contribution in [0.25, 0.3) is 0 Å². The maximum absolute atomic E-state index is 12.8. The van der Waals surface area contributed by atoms with Crippen LogP contribution >= 0.6 is 0 Å². The summed E-state index contributed by atoms with van der Waals surface area (Å²) in [7, 11) is 0. The molecule has 0 aromatic heterocycles. The highest BCUT2D eigenvalue weighted by Crippen LogP contribution is 2.60. The largest absolute Gasteiger partial charge is 0.375 e. The van der Waals surface area contributed by atoms with E-state index in [0.29, 0.717) is 18.4 Å². The third-order valence-electron chi connectivity index (χ3n) is 4.58. The summed E-state index contributed by atoms with van der Waals surface area (Å²) in [5.41, 5.74) is 1.41. The van der Waals surface area contributed by atoms with Crippen molar-refractivity contribution < 1.29 is 9.53 Å². The maximum atomic E-state index is 12.8. The van der Waals surface area contributed by atoms with E-state index in [9.17, 15) is 4.79 Å². The Bertz CT molecular complexity index is 396. The van der Waals surface area contributed by atoms with Gasteiger partial charge in [-0.05, 0) is 39.0 Å². The topological polar surface area (TPSA) is 29.5 Å². The zero-order valence-electron chi connectivity index (χ0n) is 13.1. The van der Waals surface area contributed by atoms with Crippen molar-refractivity contribution in [3.05, 3.63) is 11.6 Å². The third-order valence-corrected chi connectivity index (χ3v) is 4.58. The standard InChI is InChI=1S/C16H27NO2/c1-10(2)7-13-14(16(13,5)6)15(18)17-8-12(4)19-9-11(17)3/h7,11-14H,8-9H2,1-6H3. The Morgan fingerprint density at radius 2 is 1.95 bits per heavy atom. The second-order valence-corrected chi connectivity index (χ2v) is 7.05. The number of carbonyl (C=O) groups excluding carboxylic acids is 1. The summed E-state index contributed by atoms with van der Waals surface area (Å²) < 4.78 is 5.61. The molecular weight excluding hydrogens is 238 g/mol. The summed E-state index contributed by atoms with van der Waals surface area (Å²) >= 11 is 0. The lowest BCUT2D eigenvalue weighted by atomic mass is 10.1. The molecule has 2 rings (SSSR count). The molecule has 0 radical (unpaired) electrons. The van der Waals surface area contributed by atoms with Crippen LogP contribution in [0.3, 0.4) is 0 Å². The summed E-state index contributed by atoms with van der Waals surface area (Å²) in [5.74, 6) is 0.862. The number of carbonyl (C=O) groups is 1. The first kappa shape index (κ1) is 14.6. The van der Waals surface area contributed by atoms with Crippen LogP contribution in [0.4, 0.5) is 0 Å². The summed E-state index contributed by atoms with van der Waals surface area (Å²) in [6.45, 7) is 14.1. The van der Waals surface area contributed by atoms with Gasteiger partial charge < -0.3 is 9.64 Å². The van der Waals surface area contributed by atoms with Crippen molar-refractivity contribution >= 4 is 5.91 Å². The first-order valence-electron chi connectivity index (χ1n) is 7.32. The average molecular weight is 265 g/mol. The van der Waals surface area contributed by atoms with E-state index in [1.807, 2.05) is 11.8 Å². The molecule has 108 valence electrons. The van der Waals surface area contributed by atoms with Crippen LogP contribution in [0.2, 0.25) is 0 Å². The summed E-state index contributed by atoms with van der Waals surface area (Å²) in [4.78, 5) is 14.8. The van der Waals surface area contributed by atoms with Crippen molar-refractivity contribution in [2.24, 2.45) is 17.3 Å². The quantitative estimate of drug-likeness (QED) is 0.719. The Kier molecular flexibility index (Phi) is 3.78. The predicted octanol–water partition coefficient (Wildman–Crippen LogP) is 2.86. The van der Waals surface area contributed by atoms with Crippen LogP contribution < -0.4 is 0 Å². The van der Waals surface area contributed by atoms with E-state index in [2.05, 4.69) is 40.7 Å². The Balaban J connectivity index is 2.10. The van der Waals surface area contributed by atoms with Crippen molar-refractivity contribution in [3.63, 3.8) is 0 Å². The molecule has 4 unspecified atom stereocenters. The lowest BCUT2D eigenvalue weighted by molar-refractivity contribution is -0.145. The summed E-state index contributed by atoms with van der Waals surface area (Å²) in [6.07, 6.45) is 2.42. The van der Waals surface area contributed by atoms with Gasteiger partial charge in [-0.25, -0.2) is 0 Å². The van der Waals surface area contributed by atoms with E-state index in [1.54, 1.807) is 0 Å². The molecule has 3 heteroatoms. The van der Waals surface area contributed by atoms with Crippen molar-refractivity contribution in [1.29, 1.82) is 0 Å². The van der Waals surface area contributed by atoms with E-state index < -0.39 is 0 Å². The van der Waals surface area contributed by atoms with E-state index in [4.69, 9.17) is 4.74 Å². The number of nitrogens with zero attached hydrogens (tertiary/aromatic N) is 1. The Morgan fingerprint density at radius 1 is 1.32 bits per heavy atom. The molecule has 4 atom stereocenters. The predicted molar refractivity (Wildman–Crippen MR) is 76.8 cm³/mol. The van der Waals surface area contributed by atoms with Crippen LogP contribution in [-0.4, -0.2) is 36.1 Å². The molecule has 0 spiro atoms. The van der Waals surface area contributed by atoms with Gasteiger partial charge in [-0.15, -0.1) is 0 Å². The van der Waals surface area contributed by atoms with Gasteiger partial charge in [-0.2, -0.15) is 0 Å². The minimum absolute atomic E-state index is 0.107. The first-order chi connectivity index (χ1) is 8.75. The van der Waals surface area contributed by atoms with Crippen molar-refractivity contribution in [2.75, 3.05) is 13.2 Å². The zero-order chi connectivity index (χ0) is 14.4. The number of allylic oxidation sites excluding steroid dienone is 2. The second-order valence-electron chi connectivity index (χ2n) is 7.05. The fraction of sp³-hybridized carbons (Fsp3) is 0.812. The van der Waals surface area contributed by atoms with Gasteiger partial charge >= 0.3 is 0 Å². The van der Waals surface area contributed by atoms with Crippen LogP contribution in [-0.2, 0) is 9.53 Å². The Labute approximate surface area is 117 Å². The first-order valence-corrected chi connectivity index (χ1v) is 7.32. The Morgan fingerprint density at radius 3 is 2.53 bits per heavy atom. The highest BCUT2D eigenvalue weighted by molar-refractivity contribution is 5.84. The van der Waals surface area contributed by atoms with Crippen LogP contribution in [0, 0.1) is 17.3 Å². The van der Waals surface area contributed by atoms with Gasteiger partial charge in [-0.1, -0.05) is 25.5 Å². The number of amides is 1. The third kappa shape index (κ3) is 2.71. The molecular formula is C16H27NO2. The molecule has 1 heterocycles. The number of ether oxygens (including phenoxy) is 1. The van der Waals surface area contributed by atoms with Gasteiger partial charge in [0.2, 0.25) is 5.91 Å². The molecule has 1 aliphatic heterocycles.